The zero-order chi connectivity index (χ0) is 30.8. The summed E-state index contributed by atoms with van der Waals surface area (Å²) in [4.78, 5) is 14.5. The summed E-state index contributed by atoms with van der Waals surface area (Å²) in [5.41, 5.74) is 4.07. The second-order valence-corrected chi connectivity index (χ2v) is 13.5. The van der Waals surface area contributed by atoms with Crippen LogP contribution >= 0.6 is 47.4 Å². The minimum absolute atomic E-state index is 0. The summed E-state index contributed by atoms with van der Waals surface area (Å²) in [5.74, 6) is -0.542. The first-order valence-electron chi connectivity index (χ1n) is 12.4. The fourth-order valence-corrected chi connectivity index (χ4v) is 6.47. The summed E-state index contributed by atoms with van der Waals surface area (Å²) >= 11 is 12.5. The first-order chi connectivity index (χ1) is 19.7. The number of ether oxygens (including phenoxy) is 2. The van der Waals surface area contributed by atoms with Crippen molar-refractivity contribution in [2.24, 2.45) is 0 Å². The normalized spacial score (nSPS) is 13.8. The van der Waals surface area contributed by atoms with Crippen LogP contribution in [0.5, 0.6) is 11.5 Å². The van der Waals surface area contributed by atoms with Crippen molar-refractivity contribution in [3.63, 3.8) is 0 Å². The van der Waals surface area contributed by atoms with Crippen molar-refractivity contribution in [2.45, 2.75) is 42.1 Å². The lowest BCUT2D eigenvalue weighted by Crippen LogP contribution is -2.26. The first kappa shape index (κ1) is 35.1. The van der Waals surface area contributed by atoms with E-state index < -0.39 is 27.7 Å². The molecule has 0 saturated carbocycles. The third-order valence-corrected chi connectivity index (χ3v) is 9.43. The minimum Gasteiger partial charge on any atom is -0.495 e. The lowest BCUT2D eigenvalue weighted by atomic mass is 10.1. The van der Waals surface area contributed by atoms with Crippen molar-refractivity contribution in [2.75, 3.05) is 26.2 Å². The predicted molar refractivity (Wildman–Crippen MR) is 164 cm³/mol. The van der Waals surface area contributed by atoms with Crippen LogP contribution in [-0.2, 0) is 36.0 Å². The van der Waals surface area contributed by atoms with Gasteiger partial charge in [-0.3, -0.25) is 4.79 Å². The van der Waals surface area contributed by atoms with E-state index in [0.29, 0.717) is 27.6 Å². The van der Waals surface area contributed by atoms with E-state index >= 15 is 0 Å². The Balaban J connectivity index is 0.000000324. The third-order valence-electron chi connectivity index (χ3n) is 6.59. The lowest BCUT2D eigenvalue weighted by Gasteiger charge is -2.18. The van der Waals surface area contributed by atoms with Crippen molar-refractivity contribution in [3.05, 3.63) is 80.3 Å². The smallest absolute Gasteiger partial charge is 0.398 e. The van der Waals surface area contributed by atoms with Gasteiger partial charge >= 0.3 is 6.18 Å². The summed E-state index contributed by atoms with van der Waals surface area (Å²) in [6.45, 7) is 2.24. The topological polar surface area (TPSA) is 84.9 Å². The van der Waals surface area contributed by atoms with Gasteiger partial charge in [-0.05, 0) is 64.7 Å². The quantitative estimate of drug-likeness (QED) is 0.279. The Kier molecular flexibility index (Phi) is 11.6. The van der Waals surface area contributed by atoms with Crippen molar-refractivity contribution in [3.8, 4) is 11.5 Å². The molecule has 7 nitrogen and oxygen atoms in total. The van der Waals surface area contributed by atoms with Crippen molar-refractivity contribution in [1.29, 1.82) is 0 Å². The minimum atomic E-state index is -4.43. The summed E-state index contributed by atoms with van der Waals surface area (Å²) in [5, 5.41) is 4.33. The molecule has 43 heavy (non-hydrogen) atoms. The second-order valence-electron chi connectivity index (χ2n) is 9.61. The number of hydrogen-bond acceptors (Lipinski definition) is 7. The van der Waals surface area contributed by atoms with Gasteiger partial charge in [-0.2, -0.15) is 13.2 Å². The maximum Gasteiger partial charge on any atom is 0.398 e. The van der Waals surface area contributed by atoms with Crippen molar-refractivity contribution < 1.29 is 35.9 Å². The number of benzene rings is 3. The molecule has 2 aliphatic rings. The SMILES string of the molecule is COc1cc2c(cc1Cl)CN(C(=O)c1cc(S(C)(=O)=O)ccc1SCC(F)(F)F)C2.COc1cc2c(cc1Cl)CNC2.Cl. The van der Waals surface area contributed by atoms with Crippen LogP contribution in [0, 0.1) is 0 Å². The van der Waals surface area contributed by atoms with Gasteiger partial charge in [0, 0.05) is 37.3 Å². The van der Waals surface area contributed by atoms with Gasteiger partial charge in [0.05, 0.1) is 40.5 Å². The zero-order valence-electron chi connectivity index (χ0n) is 23.2. The van der Waals surface area contributed by atoms with Gasteiger partial charge in [0.15, 0.2) is 9.84 Å². The molecule has 2 heterocycles. The molecule has 3 aromatic rings. The van der Waals surface area contributed by atoms with Crippen LogP contribution in [0.4, 0.5) is 13.2 Å². The number of sulfone groups is 1. The average molecular weight is 700 g/mol. The monoisotopic (exact) mass is 698 g/mol. The molecule has 0 unspecified atom stereocenters. The number of fused-ring (bicyclic) bond motifs is 2. The number of thioether (sulfide) groups is 1. The number of nitrogens with zero attached hydrogens (tertiary/aromatic N) is 1. The highest BCUT2D eigenvalue weighted by Gasteiger charge is 2.31. The molecular weight excluding hydrogens is 672 g/mol. The van der Waals surface area contributed by atoms with Gasteiger partial charge in [0.2, 0.25) is 0 Å². The Morgan fingerprint density at radius 3 is 1.98 bits per heavy atom. The molecule has 234 valence electrons. The van der Waals surface area contributed by atoms with Gasteiger partial charge in [-0.1, -0.05) is 23.2 Å². The van der Waals surface area contributed by atoms with Crippen molar-refractivity contribution >= 4 is 63.1 Å². The molecule has 0 radical (unpaired) electrons. The maximum atomic E-state index is 13.2. The van der Waals surface area contributed by atoms with E-state index in [9.17, 15) is 26.4 Å². The van der Waals surface area contributed by atoms with E-state index in [4.69, 9.17) is 32.7 Å². The third kappa shape index (κ3) is 8.64. The molecule has 5 rings (SSSR count). The standard InChI is InChI=1S/C19H17ClF3NO4S2.C9H10ClNO.ClH/c1-28-16-6-12-9-24(8-11(12)5-15(16)20)18(25)14-7-13(30(2,26)27)3-4-17(14)29-10-19(21,22)23;1-12-9-3-7-5-11-4-6(7)2-8(9)10;/h3-7H,8-10H2,1-2H3;2-3,11H,4-5H2,1H3;1H. The fourth-order valence-electron chi connectivity index (χ4n) is 4.51. The molecular formula is C28H28Cl3F3N2O5S2. The molecule has 1 N–H and O–H groups in total. The molecule has 0 atom stereocenters. The van der Waals surface area contributed by atoms with Crippen LogP contribution in [0.1, 0.15) is 32.6 Å². The highest BCUT2D eigenvalue weighted by Crippen LogP contribution is 2.36. The van der Waals surface area contributed by atoms with E-state index in [1.165, 1.54) is 35.3 Å². The molecule has 0 fully saturated rings. The highest BCUT2D eigenvalue weighted by molar-refractivity contribution is 7.99. The Morgan fingerprint density at radius 2 is 1.44 bits per heavy atom. The Hall–Kier alpha value is -2.35. The van der Waals surface area contributed by atoms with Crippen LogP contribution in [-0.4, -0.2) is 51.6 Å². The number of carbonyl (C=O) groups excluding carboxylic acids is 1. The number of amides is 1. The van der Waals surface area contributed by atoms with E-state index in [2.05, 4.69) is 5.32 Å². The summed E-state index contributed by atoms with van der Waals surface area (Å²) in [6, 6.07) is 10.9. The van der Waals surface area contributed by atoms with E-state index in [0.717, 1.165) is 42.3 Å². The number of hydrogen-bond donors (Lipinski definition) is 1. The Labute approximate surface area is 268 Å². The van der Waals surface area contributed by atoms with Crippen LogP contribution < -0.4 is 14.8 Å². The molecule has 0 bridgehead atoms. The van der Waals surface area contributed by atoms with Gasteiger partial charge in [0.25, 0.3) is 5.91 Å². The molecule has 0 saturated heterocycles. The van der Waals surface area contributed by atoms with Gasteiger partial charge in [0.1, 0.15) is 11.5 Å². The summed E-state index contributed by atoms with van der Waals surface area (Å²) < 4.78 is 72.2. The Bertz CT molecular complexity index is 1620. The van der Waals surface area contributed by atoms with Crippen LogP contribution in [0.15, 0.2) is 52.3 Å². The molecule has 3 aromatic carbocycles. The van der Waals surface area contributed by atoms with Crippen LogP contribution in [0.3, 0.4) is 0 Å². The zero-order valence-corrected chi connectivity index (χ0v) is 27.1. The molecule has 1 amide bonds. The number of rotatable bonds is 6. The fraction of sp³-hybridized carbons (Fsp3) is 0.321. The number of methoxy groups -OCH3 is 2. The molecule has 0 aromatic heterocycles. The largest absolute Gasteiger partial charge is 0.495 e. The summed E-state index contributed by atoms with van der Waals surface area (Å²) in [7, 11) is -0.547. The molecule has 2 aliphatic heterocycles. The predicted octanol–water partition coefficient (Wildman–Crippen LogP) is 6.94. The summed E-state index contributed by atoms with van der Waals surface area (Å²) in [6.07, 6.45) is -3.46. The number of nitrogens with one attached hydrogen (secondary N) is 1. The van der Waals surface area contributed by atoms with Gasteiger partial charge < -0.3 is 19.7 Å². The van der Waals surface area contributed by atoms with Gasteiger partial charge in [-0.25, -0.2) is 8.42 Å². The molecule has 0 aliphatic carbocycles. The Morgan fingerprint density at radius 1 is 0.930 bits per heavy atom. The number of halogens is 6. The number of carbonyl (C=O) groups is 1. The van der Waals surface area contributed by atoms with Crippen molar-refractivity contribution in [1.82, 2.24) is 10.2 Å². The van der Waals surface area contributed by atoms with Crippen LogP contribution in [0.25, 0.3) is 0 Å². The molecule has 0 spiro atoms. The first-order valence-corrected chi connectivity index (χ1v) is 16.1. The second kappa shape index (κ2) is 14.2. The molecule has 15 heteroatoms. The average Bonchev–Trinajstić information content (AvgIpc) is 3.55. The van der Waals surface area contributed by atoms with E-state index in [1.54, 1.807) is 19.2 Å². The van der Waals surface area contributed by atoms with E-state index in [1.807, 2.05) is 12.1 Å². The maximum absolute atomic E-state index is 13.2. The lowest BCUT2D eigenvalue weighted by molar-refractivity contribution is -0.105. The van der Waals surface area contributed by atoms with Gasteiger partial charge in [-0.15, -0.1) is 24.2 Å². The number of alkyl halides is 3. The highest BCUT2D eigenvalue weighted by atomic mass is 35.5. The van der Waals surface area contributed by atoms with Crippen LogP contribution in [0.2, 0.25) is 10.0 Å². The van der Waals surface area contributed by atoms with E-state index in [-0.39, 0.29) is 40.9 Å².